The van der Waals surface area contributed by atoms with Crippen molar-refractivity contribution in [3.63, 3.8) is 0 Å². The molecule has 1 aliphatic rings. The fraction of sp³-hybridized carbons (Fsp3) is 0.868. The third-order valence-electron chi connectivity index (χ3n) is 10.8. The third kappa shape index (κ3) is 13.9. The Morgan fingerprint density at radius 1 is 0.863 bits per heavy atom. The van der Waals surface area contributed by atoms with E-state index >= 15 is 0 Å². The minimum absolute atomic E-state index is 0.00539. The van der Waals surface area contributed by atoms with Gasteiger partial charge in [-0.3, -0.25) is 28.9 Å². The van der Waals surface area contributed by atoms with Gasteiger partial charge >= 0.3 is 5.97 Å². The zero-order valence-corrected chi connectivity index (χ0v) is 35.1. The van der Waals surface area contributed by atoms with Crippen LogP contribution in [0, 0.1) is 29.6 Å². The summed E-state index contributed by atoms with van der Waals surface area (Å²) in [7, 11) is 8.67. The maximum Gasteiger partial charge on any atom is 0.306 e. The fourth-order valence-corrected chi connectivity index (χ4v) is 8.86. The predicted molar refractivity (Wildman–Crippen MR) is 208 cm³/mol. The minimum atomic E-state index is -0.975. The number of ketones is 2. The molecule has 0 aromatic carbocycles. The summed E-state index contributed by atoms with van der Waals surface area (Å²) >= 11 is 3.20. The lowest BCUT2D eigenvalue weighted by Gasteiger charge is -2.40. The van der Waals surface area contributed by atoms with Gasteiger partial charge < -0.3 is 24.4 Å². The summed E-state index contributed by atoms with van der Waals surface area (Å²) in [5.74, 6) is -1.66. The summed E-state index contributed by atoms with van der Waals surface area (Å²) in [6, 6.07) is -1.04. The fourth-order valence-electron chi connectivity index (χ4n) is 7.82. The molecule has 1 heterocycles. The van der Waals surface area contributed by atoms with Crippen molar-refractivity contribution in [2.75, 3.05) is 65.9 Å². The molecular formula is C38H69N3O8S2. The second-order valence-electron chi connectivity index (χ2n) is 14.9. The number of methoxy groups -OCH3 is 2. The van der Waals surface area contributed by atoms with Crippen LogP contribution < -0.4 is 0 Å². The van der Waals surface area contributed by atoms with Crippen LogP contribution in [0.3, 0.4) is 0 Å². The number of carboxylic acid groups (broad SMARTS) is 1. The largest absolute Gasteiger partial charge is 0.481 e. The number of likely N-dealkylation sites (N-methyl/N-ethyl adjacent to an activating group) is 2. The number of thioether (sulfide) groups is 2. The summed E-state index contributed by atoms with van der Waals surface area (Å²) < 4.78 is 11.9. The normalized spacial score (nSPS) is 19.6. The van der Waals surface area contributed by atoms with Gasteiger partial charge in [0, 0.05) is 52.5 Å². The Morgan fingerprint density at radius 3 is 1.90 bits per heavy atom. The van der Waals surface area contributed by atoms with Crippen LogP contribution in [0.15, 0.2) is 0 Å². The SMILES string of the molecule is CC[C@H](C)[C@@H]([C@@H](CC(=O)N1CCC[C@H]1[C@H](OC)[C@@H](C)C(=O)C[C@@H](CCSC)C(=O)O)OC)N(C)C(=O)[C@H](CCSC)CC(=O)[C@H](C(C)C)N(C)C. The van der Waals surface area contributed by atoms with Gasteiger partial charge in [0.05, 0.1) is 42.7 Å². The van der Waals surface area contributed by atoms with Crippen molar-refractivity contribution >= 4 is 52.9 Å². The van der Waals surface area contributed by atoms with Crippen LogP contribution in [0.1, 0.15) is 86.0 Å². The highest BCUT2D eigenvalue weighted by Gasteiger charge is 2.43. The van der Waals surface area contributed by atoms with Gasteiger partial charge in [-0.1, -0.05) is 41.0 Å². The third-order valence-corrected chi connectivity index (χ3v) is 12.1. The second-order valence-corrected chi connectivity index (χ2v) is 16.8. The topological polar surface area (TPSA) is 134 Å². The minimum Gasteiger partial charge on any atom is -0.481 e. The van der Waals surface area contributed by atoms with Crippen molar-refractivity contribution in [2.24, 2.45) is 29.6 Å². The number of carboxylic acids is 1. The summed E-state index contributed by atoms with van der Waals surface area (Å²) in [6.45, 7) is 10.4. The predicted octanol–water partition coefficient (Wildman–Crippen LogP) is 5.23. The highest BCUT2D eigenvalue weighted by molar-refractivity contribution is 7.98. The zero-order valence-electron chi connectivity index (χ0n) is 33.5. The molecule has 296 valence electrons. The Balaban J connectivity index is 3.28. The van der Waals surface area contributed by atoms with Crippen LogP contribution in [-0.2, 0) is 33.4 Å². The van der Waals surface area contributed by atoms with Crippen LogP contribution in [-0.4, -0.2) is 145 Å². The van der Waals surface area contributed by atoms with E-state index in [4.69, 9.17) is 9.47 Å². The number of hydrogen-bond donors (Lipinski definition) is 1. The number of carbonyl (C=O) groups is 5. The van der Waals surface area contributed by atoms with E-state index in [2.05, 4.69) is 13.8 Å². The number of aliphatic carboxylic acids is 1. The van der Waals surface area contributed by atoms with E-state index < -0.39 is 42.0 Å². The average molecular weight is 760 g/mol. The molecule has 0 bridgehead atoms. The van der Waals surface area contributed by atoms with Gasteiger partial charge in [0.15, 0.2) is 5.78 Å². The van der Waals surface area contributed by atoms with E-state index in [0.29, 0.717) is 31.6 Å². The molecule has 13 heteroatoms. The summed E-state index contributed by atoms with van der Waals surface area (Å²) in [5.41, 5.74) is 0. The molecule has 0 unspecified atom stereocenters. The van der Waals surface area contributed by atoms with Crippen molar-refractivity contribution in [1.82, 2.24) is 14.7 Å². The van der Waals surface area contributed by atoms with Crippen LogP contribution >= 0.6 is 23.5 Å². The van der Waals surface area contributed by atoms with Crippen molar-refractivity contribution < 1.29 is 38.6 Å². The van der Waals surface area contributed by atoms with E-state index in [-0.39, 0.29) is 66.6 Å². The molecule has 0 radical (unpaired) electrons. The first-order valence-electron chi connectivity index (χ1n) is 18.6. The lowest BCUT2D eigenvalue weighted by molar-refractivity contribution is -0.148. The van der Waals surface area contributed by atoms with Gasteiger partial charge in [-0.25, -0.2) is 0 Å². The number of ether oxygens (including phenoxy) is 2. The lowest BCUT2D eigenvalue weighted by atomic mass is 9.86. The molecule has 1 saturated heterocycles. The number of carbonyl (C=O) groups excluding carboxylic acids is 4. The van der Waals surface area contributed by atoms with Crippen molar-refractivity contribution in [3.8, 4) is 0 Å². The van der Waals surface area contributed by atoms with Crippen molar-refractivity contribution in [3.05, 3.63) is 0 Å². The van der Waals surface area contributed by atoms with Gasteiger partial charge in [-0.05, 0) is 75.6 Å². The molecule has 1 N–H and O–H groups in total. The first kappa shape index (κ1) is 47.4. The maximum absolute atomic E-state index is 14.3. The van der Waals surface area contributed by atoms with E-state index in [1.165, 1.54) is 7.11 Å². The molecule has 51 heavy (non-hydrogen) atoms. The molecule has 11 nitrogen and oxygen atoms in total. The van der Waals surface area contributed by atoms with E-state index in [1.54, 1.807) is 54.4 Å². The molecule has 2 amide bonds. The first-order chi connectivity index (χ1) is 24.0. The Labute approximate surface area is 317 Å². The Bertz CT molecular complexity index is 1100. The standard InChI is InChI=1S/C38H69N3O8S2/c1-13-25(4)35(40(8)37(45)27(16-19-50-11)21-31(43)34(24(2)3)39(6)7)32(48-9)23-33(44)41-18-14-15-29(41)36(49-10)26(5)30(42)22-28(38(46)47)17-20-51-12/h24-29,32,34-36H,13-23H2,1-12H3,(H,46,47)/t25-,26-,27+,28+,29-,32+,34-,35-,36+/m0/s1. The summed E-state index contributed by atoms with van der Waals surface area (Å²) in [4.78, 5) is 72.6. The molecule has 0 aromatic heterocycles. The van der Waals surface area contributed by atoms with Crippen LogP contribution in [0.25, 0.3) is 0 Å². The van der Waals surface area contributed by atoms with Gasteiger partial charge in [0.2, 0.25) is 11.8 Å². The number of nitrogens with zero attached hydrogens (tertiary/aromatic N) is 3. The number of hydrogen-bond acceptors (Lipinski definition) is 10. The van der Waals surface area contributed by atoms with Crippen molar-refractivity contribution in [1.29, 1.82) is 0 Å². The summed E-state index contributed by atoms with van der Waals surface area (Å²) in [6.07, 6.45) is 6.01. The number of amides is 2. The lowest BCUT2D eigenvalue weighted by Crippen LogP contribution is -2.54. The monoisotopic (exact) mass is 759 g/mol. The van der Waals surface area contributed by atoms with Gasteiger partial charge in [0.25, 0.3) is 0 Å². The van der Waals surface area contributed by atoms with E-state index in [1.807, 2.05) is 45.4 Å². The van der Waals surface area contributed by atoms with Crippen molar-refractivity contribution in [2.45, 2.75) is 116 Å². The molecule has 9 atom stereocenters. The number of rotatable bonds is 26. The van der Waals surface area contributed by atoms with Crippen LogP contribution in [0.5, 0.6) is 0 Å². The second kappa shape index (κ2) is 23.9. The Hall–Kier alpha value is -1.67. The summed E-state index contributed by atoms with van der Waals surface area (Å²) in [5, 5.41) is 9.70. The molecular weight excluding hydrogens is 691 g/mol. The number of Topliss-reactive ketones (excluding diaryl/α,β-unsaturated/α-hetero) is 2. The van der Waals surface area contributed by atoms with Gasteiger partial charge in [-0.2, -0.15) is 23.5 Å². The highest BCUT2D eigenvalue weighted by Crippen LogP contribution is 2.31. The van der Waals surface area contributed by atoms with E-state index in [9.17, 15) is 29.1 Å². The molecule has 0 aromatic rings. The Kier molecular flexibility index (Phi) is 22.2. The highest BCUT2D eigenvalue weighted by atomic mass is 32.2. The van der Waals surface area contributed by atoms with Crippen LogP contribution in [0.2, 0.25) is 0 Å². The Morgan fingerprint density at radius 2 is 1.43 bits per heavy atom. The quantitative estimate of drug-likeness (QED) is 0.124. The van der Waals surface area contributed by atoms with Crippen LogP contribution in [0.4, 0.5) is 0 Å². The maximum atomic E-state index is 14.3. The average Bonchev–Trinajstić information content (AvgIpc) is 3.56. The number of likely N-dealkylation sites (tertiary alicyclic amines) is 1. The van der Waals surface area contributed by atoms with Gasteiger partial charge in [-0.15, -0.1) is 0 Å². The first-order valence-corrected chi connectivity index (χ1v) is 21.3. The van der Waals surface area contributed by atoms with E-state index in [0.717, 1.165) is 18.6 Å². The van der Waals surface area contributed by atoms with Gasteiger partial charge in [0.1, 0.15) is 5.78 Å². The molecule has 1 aliphatic heterocycles. The molecule has 0 aliphatic carbocycles. The molecule has 0 spiro atoms. The molecule has 0 saturated carbocycles. The molecule has 1 rings (SSSR count). The molecule has 1 fully saturated rings. The smallest absolute Gasteiger partial charge is 0.306 e. The zero-order chi connectivity index (χ0) is 39.0.